The van der Waals surface area contributed by atoms with E-state index in [2.05, 4.69) is 19.2 Å². The van der Waals surface area contributed by atoms with Crippen molar-refractivity contribution in [3.05, 3.63) is 0 Å². The van der Waals surface area contributed by atoms with E-state index < -0.39 is 0 Å². The maximum atomic E-state index is 9.45. The lowest BCUT2D eigenvalue weighted by Gasteiger charge is -2.27. The molecule has 2 heteroatoms. The van der Waals surface area contributed by atoms with Crippen LogP contribution in [0.1, 0.15) is 58.8 Å². The standard InChI is InChI=1S/C14H27NO/c1-14(2)8-7-12(9-14)15-10-11-3-5-13(16)6-4-11/h11-13,15-16H,3-10H2,1-2H3. The summed E-state index contributed by atoms with van der Waals surface area (Å²) < 4.78 is 0. The van der Waals surface area contributed by atoms with Crippen molar-refractivity contribution in [2.75, 3.05) is 6.54 Å². The van der Waals surface area contributed by atoms with Gasteiger partial charge in [0.1, 0.15) is 0 Å². The lowest BCUT2D eigenvalue weighted by Crippen LogP contribution is -2.34. The molecule has 2 fully saturated rings. The minimum atomic E-state index is -0.0123. The van der Waals surface area contributed by atoms with Gasteiger partial charge >= 0.3 is 0 Å². The summed E-state index contributed by atoms with van der Waals surface area (Å²) in [7, 11) is 0. The molecule has 2 aliphatic carbocycles. The summed E-state index contributed by atoms with van der Waals surface area (Å²) in [5.41, 5.74) is 0.556. The molecule has 0 aromatic carbocycles. The van der Waals surface area contributed by atoms with Gasteiger partial charge < -0.3 is 10.4 Å². The molecule has 2 nitrogen and oxygen atoms in total. The van der Waals surface area contributed by atoms with Gasteiger partial charge in [-0.05, 0) is 62.8 Å². The molecule has 0 bridgehead atoms. The largest absolute Gasteiger partial charge is 0.393 e. The van der Waals surface area contributed by atoms with Crippen LogP contribution < -0.4 is 5.32 Å². The van der Waals surface area contributed by atoms with Gasteiger partial charge in [0.05, 0.1) is 6.10 Å². The van der Waals surface area contributed by atoms with Crippen molar-refractivity contribution in [1.29, 1.82) is 0 Å². The van der Waals surface area contributed by atoms with E-state index in [1.54, 1.807) is 0 Å². The fourth-order valence-electron chi connectivity index (χ4n) is 3.29. The predicted molar refractivity (Wildman–Crippen MR) is 67.4 cm³/mol. The third-order valence-electron chi connectivity index (χ3n) is 4.48. The molecule has 0 amide bonds. The molecule has 94 valence electrons. The predicted octanol–water partition coefficient (Wildman–Crippen LogP) is 2.71. The van der Waals surface area contributed by atoms with Crippen molar-refractivity contribution in [2.24, 2.45) is 11.3 Å². The second-order valence-electron chi connectivity index (χ2n) is 6.69. The van der Waals surface area contributed by atoms with Crippen LogP contribution in [-0.4, -0.2) is 23.8 Å². The lowest BCUT2D eigenvalue weighted by atomic mass is 9.87. The molecule has 0 spiro atoms. The van der Waals surface area contributed by atoms with E-state index in [-0.39, 0.29) is 6.10 Å². The maximum absolute atomic E-state index is 9.45. The van der Waals surface area contributed by atoms with Crippen molar-refractivity contribution in [3.8, 4) is 0 Å². The highest BCUT2D eigenvalue weighted by Gasteiger charge is 2.31. The highest BCUT2D eigenvalue weighted by molar-refractivity contribution is 4.87. The van der Waals surface area contributed by atoms with Gasteiger partial charge in [-0.2, -0.15) is 0 Å². The third-order valence-corrected chi connectivity index (χ3v) is 4.48. The van der Waals surface area contributed by atoms with Gasteiger partial charge in [0.15, 0.2) is 0 Å². The Hall–Kier alpha value is -0.0800. The Balaban J connectivity index is 1.65. The quantitative estimate of drug-likeness (QED) is 0.774. The van der Waals surface area contributed by atoms with Crippen molar-refractivity contribution in [1.82, 2.24) is 5.32 Å². The Morgan fingerprint density at radius 1 is 1.12 bits per heavy atom. The SMILES string of the molecule is CC1(C)CCC(NCC2CCC(O)CC2)C1. The Kier molecular flexibility index (Phi) is 3.91. The lowest BCUT2D eigenvalue weighted by molar-refractivity contribution is 0.107. The van der Waals surface area contributed by atoms with Crippen molar-refractivity contribution >= 4 is 0 Å². The molecule has 1 atom stereocenters. The Labute approximate surface area is 99.8 Å². The molecule has 2 saturated carbocycles. The average molecular weight is 225 g/mol. The molecule has 0 aromatic heterocycles. The van der Waals surface area contributed by atoms with Crippen LogP contribution in [0.25, 0.3) is 0 Å². The smallest absolute Gasteiger partial charge is 0.0540 e. The average Bonchev–Trinajstić information content (AvgIpc) is 2.58. The zero-order chi connectivity index (χ0) is 11.6. The van der Waals surface area contributed by atoms with E-state index in [1.165, 1.54) is 38.6 Å². The number of aliphatic hydroxyl groups is 1. The molecule has 16 heavy (non-hydrogen) atoms. The van der Waals surface area contributed by atoms with Crippen LogP contribution in [0.15, 0.2) is 0 Å². The van der Waals surface area contributed by atoms with Crippen molar-refractivity contribution < 1.29 is 5.11 Å². The Morgan fingerprint density at radius 3 is 2.38 bits per heavy atom. The topological polar surface area (TPSA) is 32.3 Å². The molecule has 2 rings (SSSR count). The van der Waals surface area contributed by atoms with Crippen LogP contribution in [0.2, 0.25) is 0 Å². The van der Waals surface area contributed by atoms with Gasteiger partial charge in [0.2, 0.25) is 0 Å². The molecule has 2 aliphatic rings. The highest BCUT2D eigenvalue weighted by atomic mass is 16.3. The summed E-state index contributed by atoms with van der Waals surface area (Å²) in [4.78, 5) is 0. The van der Waals surface area contributed by atoms with Crippen LogP contribution in [0.5, 0.6) is 0 Å². The van der Waals surface area contributed by atoms with E-state index >= 15 is 0 Å². The second-order valence-corrected chi connectivity index (χ2v) is 6.69. The van der Waals surface area contributed by atoms with Gasteiger partial charge in [-0.1, -0.05) is 13.8 Å². The van der Waals surface area contributed by atoms with E-state index in [9.17, 15) is 5.11 Å². The Morgan fingerprint density at radius 2 is 1.81 bits per heavy atom. The van der Waals surface area contributed by atoms with Gasteiger partial charge in [-0.15, -0.1) is 0 Å². The minimum Gasteiger partial charge on any atom is -0.393 e. The van der Waals surface area contributed by atoms with E-state index in [1.807, 2.05) is 0 Å². The summed E-state index contributed by atoms with van der Waals surface area (Å²) in [5.74, 6) is 0.812. The van der Waals surface area contributed by atoms with Crippen molar-refractivity contribution in [3.63, 3.8) is 0 Å². The monoisotopic (exact) mass is 225 g/mol. The second kappa shape index (κ2) is 5.05. The molecular weight excluding hydrogens is 198 g/mol. The zero-order valence-corrected chi connectivity index (χ0v) is 10.8. The number of nitrogens with one attached hydrogen (secondary N) is 1. The summed E-state index contributed by atoms with van der Waals surface area (Å²) in [6, 6.07) is 0.752. The molecule has 0 aliphatic heterocycles. The molecule has 0 heterocycles. The first-order valence-electron chi connectivity index (χ1n) is 6.97. The summed E-state index contributed by atoms with van der Waals surface area (Å²) in [6.45, 7) is 5.94. The summed E-state index contributed by atoms with van der Waals surface area (Å²) >= 11 is 0. The van der Waals surface area contributed by atoms with Gasteiger partial charge in [-0.3, -0.25) is 0 Å². The van der Waals surface area contributed by atoms with Gasteiger partial charge in [0, 0.05) is 6.04 Å². The summed E-state index contributed by atoms with van der Waals surface area (Å²) in [6.07, 6.45) is 8.50. The molecule has 1 unspecified atom stereocenters. The van der Waals surface area contributed by atoms with Crippen LogP contribution in [-0.2, 0) is 0 Å². The molecule has 0 radical (unpaired) electrons. The summed E-state index contributed by atoms with van der Waals surface area (Å²) in [5, 5.41) is 13.2. The fourth-order valence-corrected chi connectivity index (χ4v) is 3.29. The van der Waals surface area contributed by atoms with Crippen LogP contribution in [0.3, 0.4) is 0 Å². The molecule has 2 N–H and O–H groups in total. The van der Waals surface area contributed by atoms with Crippen LogP contribution in [0.4, 0.5) is 0 Å². The highest BCUT2D eigenvalue weighted by Crippen LogP contribution is 2.37. The fraction of sp³-hybridized carbons (Fsp3) is 1.00. The van der Waals surface area contributed by atoms with Gasteiger partial charge in [0.25, 0.3) is 0 Å². The molecule has 0 aromatic rings. The van der Waals surface area contributed by atoms with E-state index in [4.69, 9.17) is 0 Å². The third kappa shape index (κ3) is 3.46. The zero-order valence-electron chi connectivity index (χ0n) is 10.8. The molecule has 0 saturated heterocycles. The van der Waals surface area contributed by atoms with Crippen LogP contribution in [0, 0.1) is 11.3 Å². The number of aliphatic hydroxyl groups excluding tert-OH is 1. The first-order chi connectivity index (χ1) is 7.55. The number of rotatable bonds is 3. The first kappa shape index (κ1) is 12.4. The van der Waals surface area contributed by atoms with Crippen molar-refractivity contribution in [2.45, 2.75) is 70.9 Å². The number of hydrogen-bond acceptors (Lipinski definition) is 2. The number of hydrogen-bond donors (Lipinski definition) is 2. The minimum absolute atomic E-state index is 0.0123. The van der Waals surface area contributed by atoms with Crippen LogP contribution >= 0.6 is 0 Å². The normalized spacial score (nSPS) is 38.8. The Bertz CT molecular complexity index is 219. The van der Waals surface area contributed by atoms with E-state index in [0.29, 0.717) is 5.41 Å². The van der Waals surface area contributed by atoms with Gasteiger partial charge in [-0.25, -0.2) is 0 Å². The first-order valence-corrected chi connectivity index (χ1v) is 6.97. The van der Waals surface area contributed by atoms with E-state index in [0.717, 1.165) is 24.8 Å². The maximum Gasteiger partial charge on any atom is 0.0540 e. The molecular formula is C14H27NO.